The molecule has 1 heterocycles. The van der Waals surface area contributed by atoms with Crippen LogP contribution in [0.1, 0.15) is 24.6 Å². The second kappa shape index (κ2) is 9.67. The molecule has 8 nitrogen and oxygen atoms in total. The van der Waals surface area contributed by atoms with Gasteiger partial charge in [0.25, 0.3) is 11.6 Å². The summed E-state index contributed by atoms with van der Waals surface area (Å²) in [6.07, 6.45) is 0.516. The molecule has 2 rings (SSSR count). The van der Waals surface area contributed by atoms with Crippen molar-refractivity contribution >= 4 is 34.6 Å². The Kier molecular flexibility index (Phi) is 7.30. The molecule has 0 aliphatic heterocycles. The van der Waals surface area contributed by atoms with Crippen molar-refractivity contribution in [2.24, 2.45) is 0 Å². The number of thiophene rings is 1. The number of anilines is 1. The lowest BCUT2D eigenvalue weighted by atomic mass is 10.2. The lowest BCUT2D eigenvalue weighted by Gasteiger charge is -2.14. The summed E-state index contributed by atoms with van der Waals surface area (Å²) in [4.78, 5) is 35.8. The fourth-order valence-electron chi connectivity index (χ4n) is 2.30. The predicted molar refractivity (Wildman–Crippen MR) is 101 cm³/mol. The van der Waals surface area contributed by atoms with Crippen LogP contribution in [0.4, 0.5) is 11.4 Å². The molecule has 1 aromatic heterocycles. The largest absolute Gasteiger partial charge is 0.496 e. The van der Waals surface area contributed by atoms with E-state index >= 15 is 0 Å². The Morgan fingerprint density at radius 2 is 2.11 bits per heavy atom. The molecule has 1 amide bonds. The molecular weight excluding hydrogens is 372 g/mol. The number of benzene rings is 1. The van der Waals surface area contributed by atoms with Gasteiger partial charge in [-0.15, -0.1) is 11.3 Å². The van der Waals surface area contributed by atoms with Gasteiger partial charge in [0, 0.05) is 11.3 Å². The first-order chi connectivity index (χ1) is 12.9. The summed E-state index contributed by atoms with van der Waals surface area (Å²) >= 11 is 1.62. The van der Waals surface area contributed by atoms with Crippen LogP contribution in [-0.4, -0.2) is 30.0 Å². The van der Waals surface area contributed by atoms with E-state index in [4.69, 9.17) is 9.47 Å². The molecule has 27 heavy (non-hydrogen) atoms. The zero-order valence-corrected chi connectivity index (χ0v) is 15.8. The van der Waals surface area contributed by atoms with Gasteiger partial charge in [-0.25, -0.2) is 0 Å². The van der Waals surface area contributed by atoms with Crippen LogP contribution in [0.3, 0.4) is 0 Å². The number of nitrogens with zero attached hydrogens (tertiary/aromatic N) is 1. The number of amides is 1. The minimum atomic E-state index is -1.07. The van der Waals surface area contributed by atoms with Gasteiger partial charge >= 0.3 is 5.97 Å². The number of aryl methyl sites for hydroxylation is 1. The normalized spacial score (nSPS) is 11.5. The molecule has 0 unspecified atom stereocenters. The van der Waals surface area contributed by atoms with Crippen LogP contribution >= 0.6 is 11.3 Å². The number of hydrogen-bond donors (Lipinski definition) is 1. The average molecular weight is 392 g/mol. The SMILES string of the molecule is COc1ccc(NC(=O)[C@@H](C)OC(=O)CCCc2cccs2)c([N+](=O)[O-])c1. The minimum absolute atomic E-state index is 0.00592. The average Bonchev–Trinajstić information content (AvgIpc) is 3.15. The van der Waals surface area contributed by atoms with Crippen LogP contribution in [-0.2, 0) is 20.7 Å². The molecule has 1 atom stereocenters. The fourth-order valence-corrected chi connectivity index (χ4v) is 3.05. The summed E-state index contributed by atoms with van der Waals surface area (Å²) in [7, 11) is 1.39. The van der Waals surface area contributed by atoms with Crippen molar-refractivity contribution in [3.05, 3.63) is 50.7 Å². The van der Waals surface area contributed by atoms with E-state index in [0.717, 1.165) is 6.42 Å². The van der Waals surface area contributed by atoms with Crippen LogP contribution in [0.25, 0.3) is 0 Å². The number of nitro benzene ring substituents is 1. The highest BCUT2D eigenvalue weighted by Crippen LogP contribution is 2.29. The van der Waals surface area contributed by atoms with E-state index < -0.39 is 22.9 Å². The van der Waals surface area contributed by atoms with Gasteiger partial charge in [-0.2, -0.15) is 0 Å². The molecule has 0 radical (unpaired) electrons. The summed E-state index contributed by atoms with van der Waals surface area (Å²) in [6.45, 7) is 1.42. The third-order valence-corrected chi connectivity index (χ3v) is 4.66. The molecule has 2 aromatic rings. The number of carbonyl (C=O) groups excluding carboxylic acids is 2. The molecule has 0 aliphatic carbocycles. The third-order valence-electron chi connectivity index (χ3n) is 3.72. The number of methoxy groups -OCH3 is 1. The molecule has 0 fully saturated rings. The third kappa shape index (κ3) is 6.07. The van der Waals surface area contributed by atoms with Crippen molar-refractivity contribution in [2.75, 3.05) is 12.4 Å². The van der Waals surface area contributed by atoms with Crippen LogP contribution in [0.5, 0.6) is 5.75 Å². The number of esters is 1. The van der Waals surface area contributed by atoms with E-state index in [9.17, 15) is 19.7 Å². The maximum Gasteiger partial charge on any atom is 0.306 e. The maximum atomic E-state index is 12.2. The van der Waals surface area contributed by atoms with E-state index in [-0.39, 0.29) is 17.8 Å². The van der Waals surface area contributed by atoms with Gasteiger partial charge in [-0.3, -0.25) is 19.7 Å². The first-order valence-electron chi connectivity index (χ1n) is 8.26. The van der Waals surface area contributed by atoms with E-state index in [2.05, 4.69) is 5.32 Å². The second-order valence-electron chi connectivity index (χ2n) is 5.69. The lowest BCUT2D eigenvalue weighted by molar-refractivity contribution is -0.384. The molecule has 0 saturated heterocycles. The Morgan fingerprint density at radius 1 is 1.33 bits per heavy atom. The number of ether oxygens (including phenoxy) is 2. The monoisotopic (exact) mass is 392 g/mol. The maximum absolute atomic E-state index is 12.2. The summed E-state index contributed by atoms with van der Waals surface area (Å²) < 4.78 is 10.1. The number of nitro groups is 1. The molecule has 0 saturated carbocycles. The molecule has 1 N–H and O–H groups in total. The van der Waals surface area contributed by atoms with Gasteiger partial charge in [0.05, 0.1) is 18.1 Å². The lowest BCUT2D eigenvalue weighted by Crippen LogP contribution is -2.30. The van der Waals surface area contributed by atoms with Crippen molar-refractivity contribution in [2.45, 2.75) is 32.3 Å². The number of carbonyl (C=O) groups is 2. The van der Waals surface area contributed by atoms with Crippen LogP contribution < -0.4 is 10.1 Å². The molecule has 0 bridgehead atoms. The Hall–Kier alpha value is -2.94. The molecular formula is C18H20N2O6S. The first-order valence-corrected chi connectivity index (χ1v) is 9.14. The molecule has 1 aromatic carbocycles. The highest BCUT2D eigenvalue weighted by Gasteiger charge is 2.22. The summed E-state index contributed by atoms with van der Waals surface area (Å²) in [5, 5.41) is 15.5. The smallest absolute Gasteiger partial charge is 0.306 e. The topological polar surface area (TPSA) is 108 Å². The standard InChI is InChI=1S/C18H20N2O6S/c1-12(26-17(21)7-3-5-14-6-4-10-27-14)18(22)19-15-9-8-13(25-2)11-16(15)20(23)24/h4,6,8-12H,3,5,7H2,1-2H3,(H,19,22)/t12-/m1/s1. The Morgan fingerprint density at radius 3 is 2.74 bits per heavy atom. The van der Waals surface area contributed by atoms with Crippen molar-refractivity contribution in [3.63, 3.8) is 0 Å². The van der Waals surface area contributed by atoms with Crippen LogP contribution in [0.15, 0.2) is 35.7 Å². The zero-order chi connectivity index (χ0) is 19.8. The highest BCUT2D eigenvalue weighted by atomic mass is 32.1. The van der Waals surface area contributed by atoms with Crippen molar-refractivity contribution in [1.29, 1.82) is 0 Å². The number of nitrogens with one attached hydrogen (secondary N) is 1. The Labute approximate surface area is 160 Å². The molecule has 9 heteroatoms. The summed E-state index contributed by atoms with van der Waals surface area (Å²) in [5.41, 5.74) is -0.302. The number of hydrogen-bond acceptors (Lipinski definition) is 7. The van der Waals surface area contributed by atoms with E-state index in [0.29, 0.717) is 12.2 Å². The minimum Gasteiger partial charge on any atom is -0.496 e. The highest BCUT2D eigenvalue weighted by molar-refractivity contribution is 7.09. The van der Waals surface area contributed by atoms with Crippen molar-refractivity contribution in [3.8, 4) is 5.75 Å². The van der Waals surface area contributed by atoms with E-state index in [1.54, 1.807) is 11.3 Å². The first kappa shape index (κ1) is 20.4. The number of rotatable bonds is 9. The van der Waals surface area contributed by atoms with Crippen LogP contribution in [0, 0.1) is 10.1 Å². The van der Waals surface area contributed by atoms with Crippen molar-refractivity contribution in [1.82, 2.24) is 0 Å². The fraction of sp³-hybridized carbons (Fsp3) is 0.333. The molecule has 144 valence electrons. The Bertz CT molecular complexity index is 806. The van der Waals surface area contributed by atoms with Gasteiger partial charge in [0.15, 0.2) is 6.10 Å². The van der Waals surface area contributed by atoms with Gasteiger partial charge in [-0.1, -0.05) is 6.07 Å². The Balaban J connectivity index is 1.87. The van der Waals surface area contributed by atoms with Crippen LogP contribution in [0.2, 0.25) is 0 Å². The van der Waals surface area contributed by atoms with E-state index in [1.165, 1.54) is 37.1 Å². The van der Waals surface area contributed by atoms with Gasteiger partial charge in [0.1, 0.15) is 11.4 Å². The van der Waals surface area contributed by atoms with Gasteiger partial charge in [0.2, 0.25) is 0 Å². The summed E-state index contributed by atoms with van der Waals surface area (Å²) in [6, 6.07) is 8.00. The zero-order valence-electron chi connectivity index (χ0n) is 15.0. The molecule has 0 spiro atoms. The predicted octanol–water partition coefficient (Wildman–Crippen LogP) is 3.56. The molecule has 0 aliphatic rings. The second-order valence-corrected chi connectivity index (χ2v) is 6.73. The quantitative estimate of drug-likeness (QED) is 0.397. The van der Waals surface area contributed by atoms with Gasteiger partial charge in [-0.05, 0) is 43.3 Å². The summed E-state index contributed by atoms with van der Waals surface area (Å²) in [5.74, 6) is -0.835. The van der Waals surface area contributed by atoms with Gasteiger partial charge < -0.3 is 14.8 Å². The van der Waals surface area contributed by atoms with E-state index in [1.807, 2.05) is 17.5 Å². The van der Waals surface area contributed by atoms with Crippen molar-refractivity contribution < 1.29 is 24.0 Å².